The number of aryl methyl sites for hydroxylation is 1. The summed E-state index contributed by atoms with van der Waals surface area (Å²) in [5, 5.41) is 16.4. The first kappa shape index (κ1) is 43.7. The Labute approximate surface area is 390 Å². The number of aliphatic hydroxyl groups excluding tert-OH is 1. The second kappa shape index (κ2) is 16.9. The second-order valence-electron chi connectivity index (χ2n) is 19.2. The number of halogens is 1. The first-order chi connectivity index (χ1) is 31.7. The number of rotatable bonds is 10. The molecule has 10 rings (SSSR count). The number of imide groups is 1. The normalized spacial score (nSPS) is 19.4. The second-order valence-corrected chi connectivity index (χ2v) is 20.0. The molecule has 5 aliphatic rings. The summed E-state index contributed by atoms with van der Waals surface area (Å²) in [6.45, 7) is 7.96. The Balaban J connectivity index is 0.780. The summed E-state index contributed by atoms with van der Waals surface area (Å²) in [6, 6.07) is 13.2. The SMILES string of the molecule is CN(Cc1cc(Br)c2c(c1)CN(C1CCC(=O)NC1=O)C2=O)C1CCN(c2ccc(Nc3cc(-c4ccnc(N5CCn6c(cc7c6CC(C)(C)C7)C5=O)c4CO)cn(C)c3=O)nc2)CC1. The van der Waals surface area contributed by atoms with E-state index in [0.29, 0.717) is 88.4 Å². The number of aromatic nitrogens is 4. The van der Waals surface area contributed by atoms with Gasteiger partial charge in [0, 0.05) is 92.5 Å². The fourth-order valence-electron chi connectivity index (χ4n) is 10.8. The van der Waals surface area contributed by atoms with Gasteiger partial charge in [0.25, 0.3) is 17.4 Å². The Kier molecular flexibility index (Phi) is 11.2. The molecular formula is C49H53BrN10O6. The average Bonchev–Trinajstić information content (AvgIpc) is 3.91. The first-order valence-corrected chi connectivity index (χ1v) is 23.4. The van der Waals surface area contributed by atoms with E-state index in [0.717, 1.165) is 55.6 Å². The number of aliphatic hydroxyl groups is 1. The largest absolute Gasteiger partial charge is 0.392 e. The Morgan fingerprint density at radius 3 is 2.48 bits per heavy atom. The number of carbonyl (C=O) groups is 4. The van der Waals surface area contributed by atoms with E-state index in [1.54, 1.807) is 41.4 Å². The van der Waals surface area contributed by atoms with Crippen LogP contribution in [0.5, 0.6) is 0 Å². The first-order valence-electron chi connectivity index (χ1n) is 22.6. The van der Waals surface area contributed by atoms with Crippen molar-refractivity contribution in [2.45, 2.75) is 90.7 Å². The third-order valence-corrected chi connectivity index (χ3v) is 14.7. The molecule has 1 aliphatic carbocycles. The van der Waals surface area contributed by atoms with Gasteiger partial charge in [-0.2, -0.15) is 0 Å². The van der Waals surface area contributed by atoms with Crippen molar-refractivity contribution in [3.05, 3.63) is 115 Å². The van der Waals surface area contributed by atoms with E-state index < -0.39 is 11.9 Å². The molecule has 1 aromatic carbocycles. The van der Waals surface area contributed by atoms with Crippen LogP contribution in [0.1, 0.15) is 88.3 Å². The molecule has 66 heavy (non-hydrogen) atoms. The molecule has 4 aliphatic heterocycles. The van der Waals surface area contributed by atoms with Crippen LogP contribution in [0, 0.1) is 5.41 Å². The van der Waals surface area contributed by atoms with E-state index >= 15 is 0 Å². The van der Waals surface area contributed by atoms with Gasteiger partial charge in [-0.3, -0.25) is 39.1 Å². The van der Waals surface area contributed by atoms with Gasteiger partial charge in [-0.05, 0) is 119 Å². The molecule has 8 heterocycles. The Morgan fingerprint density at radius 1 is 0.939 bits per heavy atom. The lowest BCUT2D eigenvalue weighted by Gasteiger charge is -2.38. The molecule has 5 aromatic rings. The number of hydrogen-bond donors (Lipinski definition) is 3. The smallest absolute Gasteiger partial charge is 0.276 e. The molecule has 4 aromatic heterocycles. The number of pyridine rings is 3. The summed E-state index contributed by atoms with van der Waals surface area (Å²) in [5.74, 6) is -0.123. The van der Waals surface area contributed by atoms with Gasteiger partial charge in [0.15, 0.2) is 0 Å². The van der Waals surface area contributed by atoms with Crippen molar-refractivity contribution in [2.75, 3.05) is 41.8 Å². The van der Waals surface area contributed by atoms with Gasteiger partial charge in [0.1, 0.15) is 29.1 Å². The highest BCUT2D eigenvalue weighted by Crippen LogP contribution is 2.41. The highest BCUT2D eigenvalue weighted by molar-refractivity contribution is 9.10. The maximum atomic E-state index is 14.0. The summed E-state index contributed by atoms with van der Waals surface area (Å²) >= 11 is 3.63. The van der Waals surface area contributed by atoms with Crippen molar-refractivity contribution < 1.29 is 24.3 Å². The zero-order valence-electron chi connectivity index (χ0n) is 37.6. The van der Waals surface area contributed by atoms with Crippen molar-refractivity contribution in [2.24, 2.45) is 12.5 Å². The van der Waals surface area contributed by atoms with Gasteiger partial charge >= 0.3 is 0 Å². The molecule has 2 saturated heterocycles. The molecule has 16 nitrogen and oxygen atoms in total. The summed E-state index contributed by atoms with van der Waals surface area (Å²) < 4.78 is 4.37. The van der Waals surface area contributed by atoms with Gasteiger partial charge < -0.3 is 29.4 Å². The number of amides is 4. The quantitative estimate of drug-likeness (QED) is 0.155. The van der Waals surface area contributed by atoms with Crippen LogP contribution in [0.15, 0.2) is 70.3 Å². The van der Waals surface area contributed by atoms with E-state index in [4.69, 9.17) is 4.98 Å². The van der Waals surface area contributed by atoms with E-state index in [2.05, 4.69) is 72.9 Å². The molecule has 2 fully saturated rings. The number of hydrogen-bond acceptors (Lipinski definition) is 11. The minimum absolute atomic E-state index is 0.134. The molecule has 17 heteroatoms. The van der Waals surface area contributed by atoms with Crippen LogP contribution in [-0.4, -0.2) is 96.4 Å². The topological polar surface area (TPSA) is 178 Å². The number of carbonyl (C=O) groups excluding carboxylic acids is 4. The lowest BCUT2D eigenvalue weighted by atomic mass is 9.90. The fraction of sp³-hybridized carbons (Fsp3) is 0.408. The summed E-state index contributed by atoms with van der Waals surface area (Å²) in [4.78, 5) is 82.3. The fourth-order valence-corrected chi connectivity index (χ4v) is 11.5. The van der Waals surface area contributed by atoms with Crippen molar-refractivity contribution in [3.8, 4) is 11.1 Å². The standard InChI is InChI=1S/C49H53BrN10O6/c1-49(2)21-29-20-39-47(65)59(16-15-58(39)40(29)22-49)44-35(27-61)34(9-12-51-44)30-19-37(46(64)56(4)25-30)53-41-7-5-33(23-52-41)57-13-10-32(11-14-57)55(3)24-28-17-31-26-60(48(66)43(31)36(50)18-28)38-6-8-42(62)54-45(38)63/h5,7,9,12,17-20,23,25,32,38,61H,6,8,10-11,13-16,21-22,24,26-27H2,1-4H3,(H,52,53)(H,54,62,63). The molecule has 0 bridgehead atoms. The zero-order valence-corrected chi connectivity index (χ0v) is 39.2. The van der Waals surface area contributed by atoms with Crippen molar-refractivity contribution in [1.29, 1.82) is 0 Å². The minimum atomic E-state index is -0.654. The molecule has 4 amide bonds. The summed E-state index contributed by atoms with van der Waals surface area (Å²) in [7, 11) is 3.81. The molecule has 1 unspecified atom stereocenters. The lowest BCUT2D eigenvalue weighted by Crippen LogP contribution is -2.52. The van der Waals surface area contributed by atoms with Gasteiger partial charge in [0.05, 0.1) is 24.1 Å². The predicted molar refractivity (Wildman–Crippen MR) is 253 cm³/mol. The average molecular weight is 958 g/mol. The molecule has 0 saturated carbocycles. The van der Waals surface area contributed by atoms with Crippen molar-refractivity contribution in [1.82, 2.24) is 34.2 Å². The van der Waals surface area contributed by atoms with E-state index in [1.165, 1.54) is 15.8 Å². The van der Waals surface area contributed by atoms with Crippen LogP contribution < -0.4 is 26.0 Å². The van der Waals surface area contributed by atoms with Crippen LogP contribution in [0.3, 0.4) is 0 Å². The maximum Gasteiger partial charge on any atom is 0.276 e. The number of benzene rings is 1. The van der Waals surface area contributed by atoms with Crippen LogP contribution in [0.4, 0.5) is 23.0 Å². The van der Waals surface area contributed by atoms with Gasteiger partial charge in [-0.1, -0.05) is 19.9 Å². The molecule has 0 spiro atoms. The number of piperidine rings is 2. The third-order valence-electron chi connectivity index (χ3n) is 14.1. The zero-order chi connectivity index (χ0) is 46.2. The molecule has 342 valence electrons. The number of nitrogens with one attached hydrogen (secondary N) is 2. The third kappa shape index (κ3) is 7.89. The van der Waals surface area contributed by atoms with Gasteiger partial charge in [-0.25, -0.2) is 9.97 Å². The van der Waals surface area contributed by atoms with Gasteiger partial charge in [-0.15, -0.1) is 0 Å². The highest BCUT2D eigenvalue weighted by atomic mass is 79.9. The van der Waals surface area contributed by atoms with Crippen LogP contribution in [-0.2, 0) is 55.7 Å². The Morgan fingerprint density at radius 2 is 1.74 bits per heavy atom. The molecule has 3 N–H and O–H groups in total. The molecule has 0 radical (unpaired) electrons. The van der Waals surface area contributed by atoms with E-state index in [9.17, 15) is 29.1 Å². The van der Waals surface area contributed by atoms with Gasteiger partial charge in [0.2, 0.25) is 11.8 Å². The number of fused-ring (bicyclic) bond motifs is 4. The Bertz CT molecular complexity index is 2880. The lowest BCUT2D eigenvalue weighted by molar-refractivity contribution is -0.136. The summed E-state index contributed by atoms with van der Waals surface area (Å²) in [6.07, 6.45) is 9.50. The molecular weight excluding hydrogens is 905 g/mol. The van der Waals surface area contributed by atoms with Crippen molar-refractivity contribution in [3.63, 3.8) is 0 Å². The summed E-state index contributed by atoms with van der Waals surface area (Å²) in [5.41, 5.74) is 8.78. The highest BCUT2D eigenvalue weighted by Gasteiger charge is 2.41. The van der Waals surface area contributed by atoms with Crippen molar-refractivity contribution >= 4 is 62.6 Å². The van der Waals surface area contributed by atoms with Crippen LogP contribution in [0.25, 0.3) is 11.1 Å². The number of anilines is 4. The number of nitrogens with zero attached hydrogens (tertiary/aromatic N) is 8. The Hall–Kier alpha value is -6.17. The van der Waals surface area contributed by atoms with E-state index in [1.807, 2.05) is 30.5 Å². The molecule has 1 atom stereocenters. The minimum Gasteiger partial charge on any atom is -0.392 e. The maximum absolute atomic E-state index is 14.0. The monoisotopic (exact) mass is 956 g/mol. The van der Waals surface area contributed by atoms with Crippen LogP contribution in [0.2, 0.25) is 0 Å². The predicted octanol–water partition coefficient (Wildman–Crippen LogP) is 5.29. The van der Waals surface area contributed by atoms with Crippen LogP contribution >= 0.6 is 15.9 Å². The van der Waals surface area contributed by atoms with E-state index in [-0.39, 0.29) is 41.7 Å².